The van der Waals surface area contributed by atoms with Crippen molar-refractivity contribution in [2.45, 2.75) is 13.3 Å². The van der Waals surface area contributed by atoms with E-state index in [9.17, 15) is 4.79 Å². The Labute approximate surface area is 160 Å². The fourth-order valence-corrected chi connectivity index (χ4v) is 3.61. The number of hydrogen-bond acceptors (Lipinski definition) is 4. The van der Waals surface area contributed by atoms with E-state index in [2.05, 4.69) is 39.8 Å². The maximum Gasteiger partial charge on any atom is 0.257 e. The molecule has 2 heterocycles. The van der Waals surface area contributed by atoms with Crippen LogP contribution in [0, 0.1) is 6.92 Å². The molecule has 140 valence electrons. The van der Waals surface area contributed by atoms with E-state index < -0.39 is 0 Å². The normalized spacial score (nSPS) is 18.4. The van der Waals surface area contributed by atoms with E-state index in [4.69, 9.17) is 4.74 Å². The van der Waals surface area contributed by atoms with E-state index in [0.717, 1.165) is 61.8 Å². The van der Waals surface area contributed by atoms with Crippen molar-refractivity contribution in [1.82, 2.24) is 4.90 Å². The summed E-state index contributed by atoms with van der Waals surface area (Å²) >= 11 is 0. The predicted molar refractivity (Wildman–Crippen MR) is 109 cm³/mol. The second-order valence-electron chi connectivity index (χ2n) is 7.05. The molecular weight excluding hydrogens is 338 g/mol. The molecule has 5 nitrogen and oxygen atoms in total. The summed E-state index contributed by atoms with van der Waals surface area (Å²) in [6.07, 6.45) is 2.84. The van der Waals surface area contributed by atoms with Crippen molar-refractivity contribution in [2.24, 2.45) is 0 Å². The van der Waals surface area contributed by atoms with Gasteiger partial charge < -0.3 is 15.4 Å². The van der Waals surface area contributed by atoms with E-state index in [1.165, 1.54) is 5.56 Å². The highest BCUT2D eigenvalue weighted by Crippen LogP contribution is 2.34. The minimum absolute atomic E-state index is 0.0612. The first kappa shape index (κ1) is 17.8. The van der Waals surface area contributed by atoms with Gasteiger partial charge in [0.05, 0.1) is 18.8 Å². The third-order valence-electron chi connectivity index (χ3n) is 5.19. The monoisotopic (exact) mass is 363 g/mol. The maximum absolute atomic E-state index is 12.3. The molecule has 0 bridgehead atoms. The molecule has 2 aromatic rings. The van der Waals surface area contributed by atoms with Gasteiger partial charge in [-0.1, -0.05) is 24.3 Å². The minimum atomic E-state index is -0.0612. The van der Waals surface area contributed by atoms with Crippen LogP contribution in [0.1, 0.15) is 16.7 Å². The van der Waals surface area contributed by atoms with Crippen LogP contribution in [0.4, 0.5) is 11.4 Å². The SMILES string of the molecule is Cc1cccc2c1C(=CNc1ccc(CCN3CCOCC3)cc1)C(=O)N2. The molecule has 5 heteroatoms. The maximum atomic E-state index is 12.3. The standard InChI is InChI=1S/C22H25N3O2/c1-16-3-2-4-20-21(16)19(22(26)24-20)15-23-18-7-5-17(6-8-18)9-10-25-11-13-27-14-12-25/h2-8,15,23H,9-14H2,1H3,(H,24,26). The van der Waals surface area contributed by atoms with Gasteiger partial charge in [-0.25, -0.2) is 0 Å². The molecule has 1 saturated heterocycles. The van der Waals surface area contributed by atoms with Crippen LogP contribution in [-0.2, 0) is 16.0 Å². The molecule has 2 aliphatic heterocycles. The molecule has 1 amide bonds. The Morgan fingerprint density at radius 1 is 1.15 bits per heavy atom. The van der Waals surface area contributed by atoms with Gasteiger partial charge in [0.2, 0.25) is 0 Å². The Morgan fingerprint density at radius 2 is 1.93 bits per heavy atom. The van der Waals surface area contributed by atoms with Gasteiger partial charge in [-0.3, -0.25) is 9.69 Å². The van der Waals surface area contributed by atoms with Crippen LogP contribution in [0.15, 0.2) is 48.7 Å². The van der Waals surface area contributed by atoms with Crippen molar-refractivity contribution in [1.29, 1.82) is 0 Å². The summed E-state index contributed by atoms with van der Waals surface area (Å²) < 4.78 is 5.39. The molecular formula is C22H25N3O2. The molecule has 0 aromatic heterocycles. The van der Waals surface area contributed by atoms with Crippen molar-refractivity contribution in [3.8, 4) is 0 Å². The van der Waals surface area contributed by atoms with E-state index in [-0.39, 0.29) is 5.91 Å². The minimum Gasteiger partial charge on any atom is -0.379 e. The largest absolute Gasteiger partial charge is 0.379 e. The van der Waals surface area contributed by atoms with Crippen LogP contribution in [0.3, 0.4) is 0 Å². The summed E-state index contributed by atoms with van der Waals surface area (Å²) in [6, 6.07) is 14.3. The first-order valence-electron chi connectivity index (χ1n) is 9.48. The predicted octanol–water partition coefficient (Wildman–Crippen LogP) is 3.27. The van der Waals surface area contributed by atoms with Crippen molar-refractivity contribution >= 4 is 22.9 Å². The van der Waals surface area contributed by atoms with Gasteiger partial charge in [-0.15, -0.1) is 0 Å². The lowest BCUT2D eigenvalue weighted by Crippen LogP contribution is -2.37. The quantitative estimate of drug-likeness (QED) is 0.801. The molecule has 2 N–H and O–H groups in total. The number of carbonyl (C=O) groups excluding carboxylic acids is 1. The average molecular weight is 363 g/mol. The van der Waals surface area contributed by atoms with Crippen LogP contribution in [0.25, 0.3) is 5.57 Å². The number of anilines is 2. The number of hydrogen-bond donors (Lipinski definition) is 2. The van der Waals surface area contributed by atoms with E-state index in [1.807, 2.05) is 25.1 Å². The molecule has 27 heavy (non-hydrogen) atoms. The van der Waals surface area contributed by atoms with Gasteiger partial charge in [0, 0.05) is 42.8 Å². The van der Waals surface area contributed by atoms with E-state index in [1.54, 1.807) is 6.20 Å². The van der Waals surface area contributed by atoms with Crippen molar-refractivity contribution in [2.75, 3.05) is 43.5 Å². The van der Waals surface area contributed by atoms with Crippen molar-refractivity contribution in [3.63, 3.8) is 0 Å². The van der Waals surface area contributed by atoms with E-state index >= 15 is 0 Å². The molecule has 0 aliphatic carbocycles. The molecule has 0 saturated carbocycles. The molecule has 4 rings (SSSR count). The fraction of sp³-hybridized carbons (Fsp3) is 0.318. The first-order valence-corrected chi connectivity index (χ1v) is 9.48. The highest BCUT2D eigenvalue weighted by Gasteiger charge is 2.25. The first-order chi connectivity index (χ1) is 13.2. The highest BCUT2D eigenvalue weighted by atomic mass is 16.5. The number of carbonyl (C=O) groups is 1. The molecule has 0 unspecified atom stereocenters. The summed E-state index contributed by atoms with van der Waals surface area (Å²) in [5, 5.41) is 6.19. The highest BCUT2D eigenvalue weighted by molar-refractivity contribution is 6.32. The molecule has 2 aromatic carbocycles. The topological polar surface area (TPSA) is 53.6 Å². The molecule has 0 atom stereocenters. The lowest BCUT2D eigenvalue weighted by Gasteiger charge is -2.26. The van der Waals surface area contributed by atoms with Gasteiger partial charge in [-0.05, 0) is 42.7 Å². The number of nitrogens with zero attached hydrogens (tertiary/aromatic N) is 1. The van der Waals surface area contributed by atoms with Crippen LogP contribution in [-0.4, -0.2) is 43.7 Å². The summed E-state index contributed by atoms with van der Waals surface area (Å²) in [5.41, 5.74) is 5.94. The zero-order valence-electron chi connectivity index (χ0n) is 15.6. The number of benzene rings is 2. The number of aryl methyl sites for hydroxylation is 1. The van der Waals surface area contributed by atoms with Crippen molar-refractivity contribution in [3.05, 3.63) is 65.4 Å². The lowest BCUT2D eigenvalue weighted by molar-refractivity contribution is -0.110. The van der Waals surface area contributed by atoms with Crippen LogP contribution < -0.4 is 10.6 Å². The van der Waals surface area contributed by atoms with Gasteiger partial charge in [0.25, 0.3) is 5.91 Å². The second-order valence-corrected chi connectivity index (χ2v) is 7.05. The van der Waals surface area contributed by atoms with Crippen LogP contribution >= 0.6 is 0 Å². The Morgan fingerprint density at radius 3 is 2.70 bits per heavy atom. The fourth-order valence-electron chi connectivity index (χ4n) is 3.61. The van der Waals surface area contributed by atoms with Crippen molar-refractivity contribution < 1.29 is 9.53 Å². The van der Waals surface area contributed by atoms with Gasteiger partial charge in [-0.2, -0.15) is 0 Å². The summed E-state index contributed by atoms with van der Waals surface area (Å²) in [6.45, 7) is 6.82. The van der Waals surface area contributed by atoms with Crippen LogP contribution in [0.5, 0.6) is 0 Å². The Balaban J connectivity index is 1.39. The lowest BCUT2D eigenvalue weighted by atomic mass is 10.0. The van der Waals surface area contributed by atoms with Gasteiger partial charge in [0.15, 0.2) is 0 Å². The smallest absolute Gasteiger partial charge is 0.257 e. The number of fused-ring (bicyclic) bond motifs is 1. The Kier molecular flexibility index (Phi) is 5.23. The Hall–Kier alpha value is -2.63. The number of morpholine rings is 1. The van der Waals surface area contributed by atoms with Gasteiger partial charge >= 0.3 is 0 Å². The third-order valence-corrected chi connectivity index (χ3v) is 5.19. The molecule has 2 aliphatic rings. The zero-order chi connectivity index (χ0) is 18.6. The summed E-state index contributed by atoms with van der Waals surface area (Å²) in [4.78, 5) is 14.7. The number of amides is 1. The summed E-state index contributed by atoms with van der Waals surface area (Å²) in [5.74, 6) is -0.0612. The summed E-state index contributed by atoms with van der Waals surface area (Å²) in [7, 11) is 0. The molecule has 1 fully saturated rings. The zero-order valence-corrected chi connectivity index (χ0v) is 15.6. The number of ether oxygens (including phenoxy) is 1. The molecule has 0 radical (unpaired) electrons. The average Bonchev–Trinajstić information content (AvgIpc) is 3.03. The number of nitrogens with one attached hydrogen (secondary N) is 2. The van der Waals surface area contributed by atoms with Crippen LogP contribution in [0.2, 0.25) is 0 Å². The second kappa shape index (κ2) is 7.94. The number of rotatable bonds is 5. The third kappa shape index (κ3) is 4.04. The Bertz CT molecular complexity index is 852. The van der Waals surface area contributed by atoms with Gasteiger partial charge in [0.1, 0.15) is 0 Å². The van der Waals surface area contributed by atoms with E-state index in [0.29, 0.717) is 5.57 Å². The molecule has 0 spiro atoms.